The first-order valence-electron chi connectivity index (χ1n) is 8.57. The van der Waals surface area contributed by atoms with Crippen LogP contribution in [0.4, 0.5) is 11.4 Å². The predicted octanol–water partition coefficient (Wildman–Crippen LogP) is 4.12. The van der Waals surface area contributed by atoms with Crippen molar-refractivity contribution in [2.24, 2.45) is 0 Å². The molecule has 2 amide bonds. The zero-order valence-corrected chi connectivity index (χ0v) is 14.1. The van der Waals surface area contributed by atoms with Crippen LogP contribution in [-0.4, -0.2) is 18.4 Å². The van der Waals surface area contributed by atoms with Gasteiger partial charge in [0.2, 0.25) is 0 Å². The van der Waals surface area contributed by atoms with Gasteiger partial charge < -0.3 is 14.6 Å². The van der Waals surface area contributed by atoms with Crippen LogP contribution >= 0.6 is 0 Å². The molecule has 4 rings (SSSR count). The SMILES string of the molecule is O=C(Nc1ccc2c(c1)CCCN2C(=O)c1ccco1)c1ccccc1. The molecule has 26 heavy (non-hydrogen) atoms. The summed E-state index contributed by atoms with van der Waals surface area (Å²) in [5.41, 5.74) is 3.25. The third-order valence-electron chi connectivity index (χ3n) is 4.47. The summed E-state index contributed by atoms with van der Waals surface area (Å²) in [4.78, 5) is 26.7. The highest BCUT2D eigenvalue weighted by Gasteiger charge is 2.25. The van der Waals surface area contributed by atoms with Crippen LogP contribution in [0.15, 0.2) is 71.3 Å². The van der Waals surface area contributed by atoms with Gasteiger partial charge in [-0.05, 0) is 60.9 Å². The first-order chi connectivity index (χ1) is 12.7. The zero-order chi connectivity index (χ0) is 17.9. The maximum Gasteiger partial charge on any atom is 0.293 e. The highest BCUT2D eigenvalue weighted by atomic mass is 16.3. The molecule has 130 valence electrons. The van der Waals surface area contributed by atoms with E-state index in [4.69, 9.17) is 4.42 Å². The monoisotopic (exact) mass is 346 g/mol. The van der Waals surface area contributed by atoms with E-state index in [1.54, 1.807) is 29.2 Å². The Labute approximate surface area is 151 Å². The van der Waals surface area contributed by atoms with Crippen molar-refractivity contribution >= 4 is 23.2 Å². The summed E-state index contributed by atoms with van der Waals surface area (Å²) in [6, 6.07) is 18.1. The highest BCUT2D eigenvalue weighted by molar-refractivity contribution is 6.06. The van der Waals surface area contributed by atoms with E-state index in [1.165, 1.54) is 6.26 Å². The van der Waals surface area contributed by atoms with E-state index in [1.807, 2.05) is 36.4 Å². The number of hydrogen-bond donors (Lipinski definition) is 1. The Morgan fingerprint density at radius 2 is 1.85 bits per heavy atom. The van der Waals surface area contributed by atoms with Crippen molar-refractivity contribution in [1.82, 2.24) is 0 Å². The summed E-state index contributed by atoms with van der Waals surface area (Å²) in [6.45, 7) is 0.655. The fourth-order valence-corrected chi connectivity index (χ4v) is 3.21. The van der Waals surface area contributed by atoms with Gasteiger partial charge in [0.1, 0.15) is 0 Å². The van der Waals surface area contributed by atoms with E-state index in [2.05, 4.69) is 5.32 Å². The molecule has 3 aromatic rings. The van der Waals surface area contributed by atoms with Gasteiger partial charge in [0.25, 0.3) is 11.8 Å². The van der Waals surface area contributed by atoms with Gasteiger partial charge in [0.05, 0.1) is 6.26 Å². The van der Waals surface area contributed by atoms with Gasteiger partial charge in [-0.25, -0.2) is 0 Å². The first kappa shape index (κ1) is 16.1. The normalized spacial score (nSPS) is 13.2. The molecule has 0 aliphatic carbocycles. The van der Waals surface area contributed by atoms with Crippen molar-refractivity contribution in [3.63, 3.8) is 0 Å². The van der Waals surface area contributed by atoms with Crippen LogP contribution in [0.25, 0.3) is 0 Å². The summed E-state index contributed by atoms with van der Waals surface area (Å²) < 4.78 is 5.24. The number of hydrogen-bond acceptors (Lipinski definition) is 3. The summed E-state index contributed by atoms with van der Waals surface area (Å²) in [5.74, 6) is 0.0428. The van der Waals surface area contributed by atoms with E-state index in [9.17, 15) is 9.59 Å². The lowest BCUT2D eigenvalue weighted by atomic mass is 10.0. The molecule has 0 atom stereocenters. The van der Waals surface area contributed by atoms with Gasteiger partial charge in [0.15, 0.2) is 5.76 Å². The molecular formula is C21H18N2O3. The van der Waals surface area contributed by atoms with E-state index in [0.717, 1.165) is 29.8 Å². The summed E-state index contributed by atoms with van der Waals surface area (Å²) in [7, 11) is 0. The average molecular weight is 346 g/mol. The Balaban J connectivity index is 1.57. The lowest BCUT2D eigenvalue weighted by molar-refractivity contribution is 0.0957. The minimum absolute atomic E-state index is 0.142. The molecule has 1 aliphatic rings. The first-order valence-corrected chi connectivity index (χ1v) is 8.57. The minimum Gasteiger partial charge on any atom is -0.459 e. The molecular weight excluding hydrogens is 328 g/mol. The van der Waals surface area contributed by atoms with E-state index < -0.39 is 0 Å². The molecule has 1 N–H and O–H groups in total. The molecule has 1 aliphatic heterocycles. The third-order valence-corrected chi connectivity index (χ3v) is 4.47. The Morgan fingerprint density at radius 1 is 1.00 bits per heavy atom. The number of amides is 2. The predicted molar refractivity (Wildman–Crippen MR) is 99.5 cm³/mol. The van der Waals surface area contributed by atoms with Gasteiger partial charge in [-0.1, -0.05) is 18.2 Å². The molecule has 5 nitrogen and oxygen atoms in total. The Bertz CT molecular complexity index is 933. The van der Waals surface area contributed by atoms with E-state index in [0.29, 0.717) is 17.9 Å². The third kappa shape index (κ3) is 3.11. The topological polar surface area (TPSA) is 62.6 Å². The van der Waals surface area contributed by atoms with Gasteiger partial charge in [0, 0.05) is 23.5 Å². The smallest absolute Gasteiger partial charge is 0.293 e. The highest BCUT2D eigenvalue weighted by Crippen LogP contribution is 2.31. The zero-order valence-electron chi connectivity index (χ0n) is 14.1. The molecule has 2 heterocycles. The molecule has 0 bridgehead atoms. The van der Waals surface area contributed by atoms with E-state index in [-0.39, 0.29) is 11.8 Å². The molecule has 5 heteroatoms. The Morgan fingerprint density at radius 3 is 2.62 bits per heavy atom. The number of aryl methyl sites for hydroxylation is 1. The molecule has 2 aromatic carbocycles. The molecule has 0 unspecified atom stereocenters. The van der Waals surface area contributed by atoms with Crippen LogP contribution in [0.5, 0.6) is 0 Å². The summed E-state index contributed by atoms with van der Waals surface area (Å²) in [6.07, 6.45) is 3.24. The number of furan rings is 1. The fraction of sp³-hybridized carbons (Fsp3) is 0.143. The van der Waals surface area contributed by atoms with Crippen molar-refractivity contribution in [3.05, 3.63) is 83.8 Å². The fourth-order valence-electron chi connectivity index (χ4n) is 3.21. The van der Waals surface area contributed by atoms with Gasteiger partial charge in [-0.15, -0.1) is 0 Å². The second kappa shape index (κ2) is 6.88. The van der Waals surface area contributed by atoms with Crippen LogP contribution in [0.2, 0.25) is 0 Å². The number of rotatable bonds is 3. The summed E-state index contributed by atoms with van der Waals surface area (Å²) in [5, 5.41) is 2.92. The quantitative estimate of drug-likeness (QED) is 0.776. The number of carbonyl (C=O) groups is 2. The Kier molecular flexibility index (Phi) is 4.27. The van der Waals surface area contributed by atoms with Gasteiger partial charge in [-0.3, -0.25) is 9.59 Å². The second-order valence-corrected chi connectivity index (χ2v) is 6.20. The van der Waals surface area contributed by atoms with Crippen molar-refractivity contribution < 1.29 is 14.0 Å². The van der Waals surface area contributed by atoms with Crippen molar-refractivity contribution in [1.29, 1.82) is 0 Å². The number of fused-ring (bicyclic) bond motifs is 1. The molecule has 0 saturated heterocycles. The van der Waals surface area contributed by atoms with Crippen molar-refractivity contribution in [2.45, 2.75) is 12.8 Å². The molecule has 0 fully saturated rings. The number of nitrogens with zero attached hydrogens (tertiary/aromatic N) is 1. The maximum atomic E-state index is 12.6. The largest absolute Gasteiger partial charge is 0.459 e. The average Bonchev–Trinajstić information content (AvgIpc) is 3.22. The molecule has 0 radical (unpaired) electrons. The number of nitrogens with one attached hydrogen (secondary N) is 1. The Hall–Kier alpha value is -3.34. The van der Waals surface area contributed by atoms with Gasteiger partial charge >= 0.3 is 0 Å². The van der Waals surface area contributed by atoms with Crippen LogP contribution in [0.3, 0.4) is 0 Å². The molecule has 0 spiro atoms. The maximum absolute atomic E-state index is 12.6. The van der Waals surface area contributed by atoms with Crippen LogP contribution in [-0.2, 0) is 6.42 Å². The summed E-state index contributed by atoms with van der Waals surface area (Å²) >= 11 is 0. The lowest BCUT2D eigenvalue weighted by Gasteiger charge is -2.29. The number of benzene rings is 2. The number of anilines is 2. The van der Waals surface area contributed by atoms with Crippen LogP contribution in [0, 0.1) is 0 Å². The van der Waals surface area contributed by atoms with Crippen molar-refractivity contribution in [3.8, 4) is 0 Å². The second-order valence-electron chi connectivity index (χ2n) is 6.20. The molecule has 1 aromatic heterocycles. The van der Waals surface area contributed by atoms with Crippen molar-refractivity contribution in [2.75, 3.05) is 16.8 Å². The lowest BCUT2D eigenvalue weighted by Crippen LogP contribution is -2.35. The number of carbonyl (C=O) groups excluding carboxylic acids is 2. The molecule has 0 saturated carbocycles. The van der Waals surface area contributed by atoms with Gasteiger partial charge in [-0.2, -0.15) is 0 Å². The standard InChI is InChI=1S/C21H18N2O3/c24-20(15-6-2-1-3-7-15)22-17-10-11-18-16(14-17)8-4-12-23(18)21(25)19-9-5-13-26-19/h1-3,5-7,9-11,13-14H,4,8,12H2,(H,22,24). The van der Waals surface area contributed by atoms with E-state index >= 15 is 0 Å². The van der Waals surface area contributed by atoms with Crippen LogP contribution in [0.1, 0.15) is 32.9 Å². The minimum atomic E-state index is -0.148. The van der Waals surface area contributed by atoms with Crippen LogP contribution < -0.4 is 10.2 Å².